The summed E-state index contributed by atoms with van der Waals surface area (Å²) in [5, 5.41) is 2.79. The van der Waals surface area contributed by atoms with Gasteiger partial charge in [-0.1, -0.05) is 0 Å². The van der Waals surface area contributed by atoms with Crippen LogP contribution in [0.4, 0.5) is 0 Å². The number of primary amides is 1. The lowest BCUT2D eigenvalue weighted by molar-refractivity contribution is -0.118. The Morgan fingerprint density at radius 3 is 2.71 bits per heavy atom. The van der Waals surface area contributed by atoms with Crippen molar-refractivity contribution in [3.63, 3.8) is 0 Å². The summed E-state index contributed by atoms with van der Waals surface area (Å²) < 4.78 is 2.63. The van der Waals surface area contributed by atoms with Crippen LogP contribution in [0.2, 0.25) is 0 Å². The molecular weight excluding hydrogens is 286 g/mol. The summed E-state index contributed by atoms with van der Waals surface area (Å²) >= 11 is 3.31. The topological polar surface area (TPSA) is 77.1 Å². The minimum atomic E-state index is -0.303. The van der Waals surface area contributed by atoms with Crippen LogP contribution in [-0.4, -0.2) is 22.9 Å². The third-order valence-corrected chi connectivity index (χ3v) is 2.77. The molecule has 1 aromatic rings. The standard InChI is InChI=1S/C11H16BrN3O2/c1-15-7-8(12)6-9(15)11(17)14-5-3-2-4-10(13)16/h6-7H,2-5H2,1H3,(H2,13,16)(H,14,17). The number of amides is 2. The molecule has 0 aliphatic rings. The number of nitrogens with zero attached hydrogens (tertiary/aromatic N) is 1. The van der Waals surface area contributed by atoms with Gasteiger partial charge < -0.3 is 15.6 Å². The second-order valence-corrected chi connectivity index (χ2v) is 4.75. The third-order valence-electron chi connectivity index (χ3n) is 2.34. The molecule has 0 fully saturated rings. The van der Waals surface area contributed by atoms with Gasteiger partial charge in [0.15, 0.2) is 0 Å². The zero-order valence-electron chi connectivity index (χ0n) is 9.70. The van der Waals surface area contributed by atoms with Gasteiger partial charge in [0.05, 0.1) is 0 Å². The Morgan fingerprint density at radius 1 is 1.47 bits per heavy atom. The van der Waals surface area contributed by atoms with Gasteiger partial charge in [-0.05, 0) is 34.8 Å². The van der Waals surface area contributed by atoms with Gasteiger partial charge in [-0.25, -0.2) is 0 Å². The number of unbranched alkanes of at least 4 members (excludes halogenated alkanes) is 1. The van der Waals surface area contributed by atoms with Crippen molar-refractivity contribution in [3.05, 3.63) is 22.4 Å². The first kappa shape index (κ1) is 13.8. The van der Waals surface area contributed by atoms with E-state index in [1.165, 1.54) is 0 Å². The lowest BCUT2D eigenvalue weighted by Gasteiger charge is -2.05. The summed E-state index contributed by atoms with van der Waals surface area (Å²) in [6.45, 7) is 0.551. The van der Waals surface area contributed by atoms with E-state index in [1.807, 2.05) is 13.2 Å². The maximum absolute atomic E-state index is 11.7. The van der Waals surface area contributed by atoms with E-state index in [0.717, 1.165) is 10.9 Å². The first-order chi connectivity index (χ1) is 8.00. The zero-order chi connectivity index (χ0) is 12.8. The molecule has 1 heterocycles. The van der Waals surface area contributed by atoms with Crippen LogP contribution in [0.15, 0.2) is 16.7 Å². The van der Waals surface area contributed by atoms with Crippen molar-refractivity contribution in [3.8, 4) is 0 Å². The molecule has 0 aliphatic carbocycles. The monoisotopic (exact) mass is 301 g/mol. The van der Waals surface area contributed by atoms with E-state index in [2.05, 4.69) is 21.2 Å². The average Bonchev–Trinajstić information content (AvgIpc) is 2.56. The molecule has 1 aromatic heterocycles. The first-order valence-corrected chi connectivity index (χ1v) is 6.18. The fourth-order valence-electron chi connectivity index (χ4n) is 1.47. The molecule has 0 unspecified atom stereocenters. The van der Waals surface area contributed by atoms with Gasteiger partial charge in [-0.2, -0.15) is 0 Å². The summed E-state index contributed by atoms with van der Waals surface area (Å²) in [4.78, 5) is 22.2. The highest BCUT2D eigenvalue weighted by Crippen LogP contribution is 2.13. The molecule has 2 amide bonds. The highest BCUT2D eigenvalue weighted by Gasteiger charge is 2.09. The van der Waals surface area contributed by atoms with Crippen molar-refractivity contribution in [2.75, 3.05) is 6.54 Å². The predicted octanol–water partition coefficient (Wildman–Crippen LogP) is 1.17. The highest BCUT2D eigenvalue weighted by atomic mass is 79.9. The minimum absolute atomic E-state index is 0.114. The van der Waals surface area contributed by atoms with Gasteiger partial charge >= 0.3 is 0 Å². The van der Waals surface area contributed by atoms with Crippen LogP contribution in [-0.2, 0) is 11.8 Å². The molecule has 17 heavy (non-hydrogen) atoms. The van der Waals surface area contributed by atoms with E-state index in [4.69, 9.17) is 5.73 Å². The zero-order valence-corrected chi connectivity index (χ0v) is 11.3. The Balaban J connectivity index is 2.30. The quantitative estimate of drug-likeness (QED) is 0.774. The fourth-order valence-corrected chi connectivity index (χ4v) is 1.99. The summed E-state index contributed by atoms with van der Waals surface area (Å²) in [5.41, 5.74) is 5.62. The summed E-state index contributed by atoms with van der Waals surface area (Å²) in [6.07, 6.45) is 3.64. The number of halogens is 1. The number of nitrogens with one attached hydrogen (secondary N) is 1. The summed E-state index contributed by atoms with van der Waals surface area (Å²) in [6, 6.07) is 1.76. The van der Waals surface area contributed by atoms with Crippen molar-refractivity contribution in [2.45, 2.75) is 19.3 Å². The lowest BCUT2D eigenvalue weighted by atomic mass is 10.2. The maximum Gasteiger partial charge on any atom is 0.267 e. The van der Waals surface area contributed by atoms with Crippen LogP contribution in [0.1, 0.15) is 29.8 Å². The van der Waals surface area contributed by atoms with Crippen molar-refractivity contribution >= 4 is 27.7 Å². The maximum atomic E-state index is 11.7. The first-order valence-electron chi connectivity index (χ1n) is 5.39. The van der Waals surface area contributed by atoms with Crippen LogP contribution < -0.4 is 11.1 Å². The summed E-state index contributed by atoms with van der Waals surface area (Å²) in [5.74, 6) is -0.417. The molecular formula is C11H16BrN3O2. The van der Waals surface area contributed by atoms with E-state index in [-0.39, 0.29) is 11.8 Å². The molecule has 5 nitrogen and oxygen atoms in total. The number of hydrogen-bond donors (Lipinski definition) is 2. The van der Waals surface area contributed by atoms with Crippen molar-refractivity contribution in [1.82, 2.24) is 9.88 Å². The number of rotatable bonds is 6. The number of nitrogens with two attached hydrogens (primary N) is 1. The van der Waals surface area contributed by atoms with Gasteiger partial charge in [0.1, 0.15) is 5.69 Å². The van der Waals surface area contributed by atoms with Gasteiger partial charge in [0, 0.05) is 30.7 Å². The van der Waals surface area contributed by atoms with E-state index >= 15 is 0 Å². The molecule has 0 bridgehead atoms. The largest absolute Gasteiger partial charge is 0.370 e. The van der Waals surface area contributed by atoms with E-state index in [0.29, 0.717) is 25.1 Å². The Morgan fingerprint density at radius 2 is 2.18 bits per heavy atom. The van der Waals surface area contributed by atoms with Gasteiger partial charge in [0.2, 0.25) is 5.91 Å². The fraction of sp³-hybridized carbons (Fsp3) is 0.455. The smallest absolute Gasteiger partial charge is 0.267 e. The molecule has 0 aromatic carbocycles. The predicted molar refractivity (Wildman–Crippen MR) is 68.5 cm³/mol. The molecule has 0 aliphatic heterocycles. The Bertz CT molecular complexity index is 415. The molecule has 1 rings (SSSR count). The number of carbonyl (C=O) groups is 2. The van der Waals surface area contributed by atoms with Gasteiger partial charge in [-0.15, -0.1) is 0 Å². The highest BCUT2D eigenvalue weighted by molar-refractivity contribution is 9.10. The number of aryl methyl sites for hydroxylation is 1. The van der Waals surface area contributed by atoms with E-state index in [1.54, 1.807) is 10.6 Å². The lowest BCUT2D eigenvalue weighted by Crippen LogP contribution is -2.26. The van der Waals surface area contributed by atoms with Crippen molar-refractivity contribution in [2.24, 2.45) is 12.8 Å². The van der Waals surface area contributed by atoms with E-state index < -0.39 is 0 Å². The SMILES string of the molecule is Cn1cc(Br)cc1C(=O)NCCCCC(N)=O. The Kier molecular flexibility index (Phi) is 5.21. The van der Waals surface area contributed by atoms with Crippen LogP contribution in [0.3, 0.4) is 0 Å². The second kappa shape index (κ2) is 6.44. The molecule has 0 saturated carbocycles. The van der Waals surface area contributed by atoms with Gasteiger partial charge in [0.25, 0.3) is 5.91 Å². The van der Waals surface area contributed by atoms with Gasteiger partial charge in [-0.3, -0.25) is 9.59 Å². The molecule has 94 valence electrons. The summed E-state index contributed by atoms with van der Waals surface area (Å²) in [7, 11) is 1.81. The van der Waals surface area contributed by atoms with Crippen LogP contribution >= 0.6 is 15.9 Å². The molecule has 0 spiro atoms. The molecule has 3 N–H and O–H groups in total. The van der Waals surface area contributed by atoms with Crippen LogP contribution in [0, 0.1) is 0 Å². The number of carbonyl (C=O) groups excluding carboxylic acids is 2. The van der Waals surface area contributed by atoms with Crippen LogP contribution in [0.5, 0.6) is 0 Å². The molecule has 6 heteroatoms. The molecule has 0 saturated heterocycles. The molecule has 0 radical (unpaired) electrons. The Hall–Kier alpha value is -1.30. The normalized spacial score (nSPS) is 10.2. The Labute approximate surface area is 108 Å². The van der Waals surface area contributed by atoms with Crippen LogP contribution in [0.25, 0.3) is 0 Å². The van der Waals surface area contributed by atoms with E-state index in [9.17, 15) is 9.59 Å². The average molecular weight is 302 g/mol. The third kappa shape index (κ3) is 4.60. The second-order valence-electron chi connectivity index (χ2n) is 3.83. The van der Waals surface area contributed by atoms with Crippen molar-refractivity contribution in [1.29, 1.82) is 0 Å². The van der Waals surface area contributed by atoms with Crippen molar-refractivity contribution < 1.29 is 9.59 Å². The number of aromatic nitrogens is 1. The number of hydrogen-bond acceptors (Lipinski definition) is 2. The minimum Gasteiger partial charge on any atom is -0.370 e. The molecule has 0 atom stereocenters.